The first-order valence-electron chi connectivity index (χ1n) is 10.1. The summed E-state index contributed by atoms with van der Waals surface area (Å²) in [5.41, 5.74) is 5.13. The van der Waals surface area contributed by atoms with Crippen LogP contribution in [0.1, 0.15) is 44.8 Å². The van der Waals surface area contributed by atoms with Gasteiger partial charge in [0, 0.05) is 22.9 Å². The van der Waals surface area contributed by atoms with Crippen LogP contribution in [0.25, 0.3) is 22.0 Å². The van der Waals surface area contributed by atoms with Gasteiger partial charge in [0.1, 0.15) is 0 Å². The van der Waals surface area contributed by atoms with Crippen LogP contribution in [0.4, 0.5) is 0 Å². The average molecular weight is 397 g/mol. The van der Waals surface area contributed by atoms with Crippen molar-refractivity contribution in [3.63, 3.8) is 0 Å². The van der Waals surface area contributed by atoms with Crippen LogP contribution in [0.5, 0.6) is 0 Å². The van der Waals surface area contributed by atoms with Crippen LogP contribution in [-0.4, -0.2) is 21.8 Å². The molecule has 1 aromatic heterocycles. The molecule has 0 unspecified atom stereocenters. The number of H-pyrrole nitrogens is 1. The number of aromatic nitrogens is 1. The van der Waals surface area contributed by atoms with Crippen molar-refractivity contribution in [3.8, 4) is 11.1 Å². The Morgan fingerprint density at radius 3 is 2.27 bits per heavy atom. The number of aromatic carboxylic acids is 1. The zero-order valence-electron chi connectivity index (χ0n) is 16.8. The SMILES string of the molecule is Cc1cc2[nH]c(C(=O)CCCc3ccccc3)c(-c3ccccc3)c2cc1C(=O)O. The maximum atomic E-state index is 13.2. The zero-order valence-corrected chi connectivity index (χ0v) is 16.8. The molecule has 150 valence electrons. The third-order valence-electron chi connectivity index (χ3n) is 5.43. The summed E-state index contributed by atoms with van der Waals surface area (Å²) in [6.07, 6.45) is 2.02. The average Bonchev–Trinajstić information content (AvgIpc) is 3.12. The number of carboxylic acids is 1. The fourth-order valence-electron chi connectivity index (χ4n) is 3.92. The molecule has 0 radical (unpaired) electrons. The number of Topliss-reactive ketones (excluding diaryl/α,β-unsaturated/α-hetero) is 1. The van der Waals surface area contributed by atoms with Gasteiger partial charge in [-0.15, -0.1) is 0 Å². The Hall–Kier alpha value is -3.66. The second-order valence-corrected chi connectivity index (χ2v) is 7.52. The molecule has 0 atom stereocenters. The lowest BCUT2D eigenvalue weighted by atomic mass is 9.96. The van der Waals surface area contributed by atoms with E-state index in [1.165, 1.54) is 5.56 Å². The first kappa shape index (κ1) is 19.6. The molecule has 2 N–H and O–H groups in total. The van der Waals surface area contributed by atoms with Gasteiger partial charge in [0.2, 0.25) is 0 Å². The molecule has 0 aliphatic carbocycles. The number of carboxylic acid groups (broad SMARTS) is 1. The number of carbonyl (C=O) groups excluding carboxylic acids is 1. The van der Waals surface area contributed by atoms with Gasteiger partial charge < -0.3 is 10.1 Å². The van der Waals surface area contributed by atoms with Crippen molar-refractivity contribution in [2.24, 2.45) is 0 Å². The molecule has 0 aliphatic rings. The number of hydrogen-bond acceptors (Lipinski definition) is 2. The minimum Gasteiger partial charge on any atom is -0.478 e. The van der Waals surface area contributed by atoms with Crippen molar-refractivity contribution in [2.75, 3.05) is 0 Å². The molecule has 0 spiro atoms. The lowest BCUT2D eigenvalue weighted by Gasteiger charge is -2.06. The Labute approximate surface area is 175 Å². The van der Waals surface area contributed by atoms with Crippen LogP contribution in [0, 0.1) is 6.92 Å². The lowest BCUT2D eigenvalue weighted by molar-refractivity contribution is 0.0696. The molecule has 0 fully saturated rings. The van der Waals surface area contributed by atoms with Gasteiger partial charge in [-0.05, 0) is 48.6 Å². The van der Waals surface area contributed by atoms with Crippen LogP contribution in [-0.2, 0) is 6.42 Å². The van der Waals surface area contributed by atoms with E-state index in [4.69, 9.17) is 0 Å². The number of nitrogens with one attached hydrogen (secondary N) is 1. The molecule has 4 nitrogen and oxygen atoms in total. The highest BCUT2D eigenvalue weighted by Crippen LogP contribution is 2.35. The van der Waals surface area contributed by atoms with Crippen molar-refractivity contribution < 1.29 is 14.7 Å². The summed E-state index contributed by atoms with van der Waals surface area (Å²) in [5.74, 6) is -0.930. The Bertz CT molecular complexity index is 1210. The molecule has 0 saturated heterocycles. The molecule has 4 aromatic rings. The first-order valence-corrected chi connectivity index (χ1v) is 10.1. The molecule has 3 aromatic carbocycles. The van der Waals surface area contributed by atoms with Crippen LogP contribution in [0.2, 0.25) is 0 Å². The van der Waals surface area contributed by atoms with Gasteiger partial charge in [-0.3, -0.25) is 4.79 Å². The van der Waals surface area contributed by atoms with E-state index in [0.29, 0.717) is 17.7 Å². The van der Waals surface area contributed by atoms with E-state index in [1.807, 2.05) is 54.6 Å². The van der Waals surface area contributed by atoms with E-state index >= 15 is 0 Å². The van der Waals surface area contributed by atoms with Gasteiger partial charge in [-0.25, -0.2) is 4.79 Å². The number of rotatable bonds is 7. The summed E-state index contributed by atoms with van der Waals surface area (Å²) >= 11 is 0. The van der Waals surface area contributed by atoms with E-state index in [0.717, 1.165) is 34.9 Å². The number of carbonyl (C=O) groups is 2. The van der Waals surface area contributed by atoms with Gasteiger partial charge in [0.15, 0.2) is 5.78 Å². The molecule has 0 aliphatic heterocycles. The standard InChI is InChI=1S/C26H23NO3/c1-17-15-22-21(16-20(17)26(29)30)24(19-12-6-3-7-13-19)25(27-22)23(28)14-8-11-18-9-4-2-5-10-18/h2-7,9-10,12-13,15-16,27H,8,11,14H2,1H3,(H,29,30). The van der Waals surface area contributed by atoms with Crippen molar-refractivity contribution in [1.29, 1.82) is 0 Å². The normalized spacial score (nSPS) is 11.0. The predicted octanol–water partition coefficient (Wildman–Crippen LogP) is 6.05. The quantitative estimate of drug-likeness (QED) is 0.373. The molecular formula is C26H23NO3. The molecule has 1 heterocycles. The van der Waals surface area contributed by atoms with E-state index in [1.54, 1.807) is 13.0 Å². The van der Waals surface area contributed by atoms with Crippen molar-refractivity contribution in [3.05, 3.63) is 95.2 Å². The van der Waals surface area contributed by atoms with Gasteiger partial charge >= 0.3 is 5.97 Å². The zero-order chi connectivity index (χ0) is 21.1. The number of hydrogen-bond donors (Lipinski definition) is 2. The van der Waals surface area contributed by atoms with E-state index in [-0.39, 0.29) is 11.3 Å². The summed E-state index contributed by atoms with van der Waals surface area (Å²) in [5, 5.41) is 10.3. The molecule has 0 amide bonds. The third-order valence-corrected chi connectivity index (χ3v) is 5.43. The number of aryl methyl sites for hydroxylation is 2. The number of benzene rings is 3. The fourth-order valence-corrected chi connectivity index (χ4v) is 3.92. The monoisotopic (exact) mass is 397 g/mol. The van der Waals surface area contributed by atoms with Crippen LogP contribution < -0.4 is 0 Å². The minimum absolute atomic E-state index is 0.0375. The highest BCUT2D eigenvalue weighted by molar-refractivity contribution is 6.12. The minimum atomic E-state index is -0.967. The van der Waals surface area contributed by atoms with Crippen molar-refractivity contribution >= 4 is 22.7 Å². The second kappa shape index (κ2) is 8.37. The Morgan fingerprint density at radius 1 is 0.933 bits per heavy atom. The summed E-state index contributed by atoms with van der Waals surface area (Å²) < 4.78 is 0. The largest absolute Gasteiger partial charge is 0.478 e. The Balaban J connectivity index is 1.72. The summed E-state index contributed by atoms with van der Waals surface area (Å²) in [6.45, 7) is 1.77. The fraction of sp³-hybridized carbons (Fsp3) is 0.154. The summed E-state index contributed by atoms with van der Waals surface area (Å²) in [7, 11) is 0. The Kier molecular flexibility index (Phi) is 5.48. The number of aromatic amines is 1. The smallest absolute Gasteiger partial charge is 0.335 e. The Morgan fingerprint density at radius 2 is 1.60 bits per heavy atom. The highest BCUT2D eigenvalue weighted by Gasteiger charge is 2.21. The maximum Gasteiger partial charge on any atom is 0.335 e. The van der Waals surface area contributed by atoms with E-state index in [2.05, 4.69) is 17.1 Å². The number of fused-ring (bicyclic) bond motifs is 1. The highest BCUT2D eigenvalue weighted by atomic mass is 16.4. The number of ketones is 1. The maximum absolute atomic E-state index is 13.2. The predicted molar refractivity (Wildman–Crippen MR) is 119 cm³/mol. The molecule has 4 heteroatoms. The van der Waals surface area contributed by atoms with Gasteiger partial charge in [-0.1, -0.05) is 60.7 Å². The van der Waals surface area contributed by atoms with E-state index in [9.17, 15) is 14.7 Å². The van der Waals surface area contributed by atoms with Crippen molar-refractivity contribution in [1.82, 2.24) is 4.98 Å². The van der Waals surface area contributed by atoms with Gasteiger partial charge in [0.25, 0.3) is 0 Å². The van der Waals surface area contributed by atoms with Crippen LogP contribution in [0.3, 0.4) is 0 Å². The molecular weight excluding hydrogens is 374 g/mol. The third kappa shape index (κ3) is 3.90. The topological polar surface area (TPSA) is 70.2 Å². The first-order chi connectivity index (χ1) is 14.5. The summed E-state index contributed by atoms with van der Waals surface area (Å²) in [4.78, 5) is 28.1. The molecule has 0 bridgehead atoms. The lowest BCUT2D eigenvalue weighted by Crippen LogP contribution is -2.02. The molecule has 4 rings (SSSR count). The second-order valence-electron chi connectivity index (χ2n) is 7.52. The van der Waals surface area contributed by atoms with Crippen molar-refractivity contribution in [2.45, 2.75) is 26.2 Å². The van der Waals surface area contributed by atoms with Gasteiger partial charge in [0.05, 0.1) is 11.3 Å². The molecule has 0 saturated carbocycles. The molecule has 30 heavy (non-hydrogen) atoms. The summed E-state index contributed by atoms with van der Waals surface area (Å²) in [6, 6.07) is 23.3. The van der Waals surface area contributed by atoms with Gasteiger partial charge in [-0.2, -0.15) is 0 Å². The van der Waals surface area contributed by atoms with Crippen LogP contribution >= 0.6 is 0 Å². The van der Waals surface area contributed by atoms with Crippen LogP contribution in [0.15, 0.2) is 72.8 Å². The van der Waals surface area contributed by atoms with E-state index < -0.39 is 5.97 Å².